The Balaban J connectivity index is 3.27. The summed E-state index contributed by atoms with van der Waals surface area (Å²) in [7, 11) is 0. The van der Waals surface area contributed by atoms with Gasteiger partial charge in [-0.1, -0.05) is 12.1 Å². The number of hydrogen-bond donors (Lipinski definition) is 1. The zero-order valence-corrected chi connectivity index (χ0v) is 8.44. The molecule has 0 saturated carbocycles. The maximum atomic E-state index is 10.6. The van der Waals surface area contributed by atoms with Gasteiger partial charge in [0.15, 0.2) is 0 Å². The summed E-state index contributed by atoms with van der Waals surface area (Å²) in [5.74, 6) is 0. The molecule has 0 spiro atoms. The van der Waals surface area contributed by atoms with Crippen LogP contribution in [0.3, 0.4) is 0 Å². The number of aryl methyl sites for hydroxylation is 1. The zero-order chi connectivity index (χ0) is 10.9. The minimum absolute atomic E-state index is 0.0459. The van der Waals surface area contributed by atoms with Crippen LogP contribution in [0.4, 0.5) is 5.69 Å². The van der Waals surface area contributed by atoms with Gasteiger partial charge in [0, 0.05) is 11.6 Å². The molecule has 0 heterocycles. The number of nitro benzene ring substituents is 1. The number of nitro groups is 1. The molecular formula is C10H13NO3. The standard InChI is InChI=1S/C10H13NO3/c1-7-4-5-8(10(2,3)12)6-9(7)11(13)14/h4-6,12H,1-3H3. The molecule has 4 heteroatoms. The first-order chi connectivity index (χ1) is 6.32. The van der Waals surface area contributed by atoms with Gasteiger partial charge in [0.25, 0.3) is 5.69 Å². The predicted molar refractivity (Wildman–Crippen MR) is 53.1 cm³/mol. The average molecular weight is 195 g/mol. The van der Waals surface area contributed by atoms with Crippen LogP contribution in [0.5, 0.6) is 0 Å². The van der Waals surface area contributed by atoms with Crippen LogP contribution in [0.2, 0.25) is 0 Å². The molecule has 0 radical (unpaired) electrons. The minimum Gasteiger partial charge on any atom is -0.386 e. The Hall–Kier alpha value is -1.42. The van der Waals surface area contributed by atoms with Crippen LogP contribution >= 0.6 is 0 Å². The van der Waals surface area contributed by atoms with Crippen molar-refractivity contribution in [3.05, 3.63) is 39.4 Å². The molecule has 0 aromatic heterocycles. The Kier molecular flexibility index (Phi) is 2.57. The van der Waals surface area contributed by atoms with E-state index in [1.807, 2.05) is 0 Å². The van der Waals surface area contributed by atoms with Gasteiger partial charge >= 0.3 is 0 Å². The fraction of sp³-hybridized carbons (Fsp3) is 0.400. The Morgan fingerprint density at radius 1 is 1.43 bits per heavy atom. The Morgan fingerprint density at radius 2 is 2.00 bits per heavy atom. The summed E-state index contributed by atoms with van der Waals surface area (Å²) >= 11 is 0. The lowest BCUT2D eigenvalue weighted by Crippen LogP contribution is -2.15. The lowest BCUT2D eigenvalue weighted by atomic mass is 9.96. The Labute approximate surface area is 82.3 Å². The third-order valence-corrected chi connectivity index (χ3v) is 2.11. The molecule has 0 aliphatic carbocycles. The molecule has 4 nitrogen and oxygen atoms in total. The SMILES string of the molecule is Cc1ccc(C(C)(C)O)cc1[N+](=O)[O-]. The summed E-state index contributed by atoms with van der Waals surface area (Å²) in [6, 6.07) is 4.75. The summed E-state index contributed by atoms with van der Waals surface area (Å²) < 4.78 is 0. The van der Waals surface area contributed by atoms with E-state index >= 15 is 0 Å². The molecule has 0 atom stereocenters. The van der Waals surface area contributed by atoms with E-state index in [4.69, 9.17) is 0 Å². The maximum absolute atomic E-state index is 10.6. The summed E-state index contributed by atoms with van der Waals surface area (Å²) in [4.78, 5) is 10.2. The van der Waals surface area contributed by atoms with Crippen LogP contribution in [0.25, 0.3) is 0 Å². The highest BCUT2D eigenvalue weighted by Gasteiger charge is 2.20. The van der Waals surface area contributed by atoms with Crippen molar-refractivity contribution in [2.75, 3.05) is 0 Å². The largest absolute Gasteiger partial charge is 0.386 e. The van der Waals surface area contributed by atoms with Gasteiger partial charge in [-0.15, -0.1) is 0 Å². The first-order valence-corrected chi connectivity index (χ1v) is 4.30. The Bertz CT molecular complexity index is 366. The number of aliphatic hydroxyl groups is 1. The minimum atomic E-state index is -1.04. The van der Waals surface area contributed by atoms with Crippen LogP contribution in [0.1, 0.15) is 25.0 Å². The van der Waals surface area contributed by atoms with Gasteiger partial charge in [-0.2, -0.15) is 0 Å². The molecule has 1 N–H and O–H groups in total. The smallest absolute Gasteiger partial charge is 0.272 e. The number of hydrogen-bond acceptors (Lipinski definition) is 3. The molecule has 0 fully saturated rings. The molecule has 0 amide bonds. The fourth-order valence-electron chi connectivity index (χ4n) is 1.19. The molecular weight excluding hydrogens is 182 g/mol. The molecule has 76 valence electrons. The van der Waals surface area contributed by atoms with Crippen molar-refractivity contribution in [2.45, 2.75) is 26.4 Å². The van der Waals surface area contributed by atoms with Crippen molar-refractivity contribution in [3.63, 3.8) is 0 Å². The van der Waals surface area contributed by atoms with Gasteiger partial charge < -0.3 is 5.11 Å². The van der Waals surface area contributed by atoms with Gasteiger partial charge in [0.1, 0.15) is 0 Å². The lowest BCUT2D eigenvalue weighted by Gasteiger charge is -2.17. The molecule has 0 saturated heterocycles. The van der Waals surface area contributed by atoms with Gasteiger partial charge in [-0.25, -0.2) is 0 Å². The van der Waals surface area contributed by atoms with Gasteiger partial charge in [-0.05, 0) is 26.3 Å². The van der Waals surface area contributed by atoms with E-state index < -0.39 is 10.5 Å². The van der Waals surface area contributed by atoms with Crippen molar-refractivity contribution in [2.24, 2.45) is 0 Å². The topological polar surface area (TPSA) is 63.4 Å². The number of nitrogens with zero attached hydrogens (tertiary/aromatic N) is 1. The highest BCUT2D eigenvalue weighted by atomic mass is 16.6. The molecule has 14 heavy (non-hydrogen) atoms. The van der Waals surface area contributed by atoms with Crippen molar-refractivity contribution in [1.82, 2.24) is 0 Å². The van der Waals surface area contributed by atoms with Gasteiger partial charge in [-0.3, -0.25) is 10.1 Å². The molecule has 1 aromatic rings. The van der Waals surface area contributed by atoms with E-state index in [0.717, 1.165) is 0 Å². The predicted octanol–water partition coefficient (Wildman–Crippen LogP) is 2.13. The third-order valence-electron chi connectivity index (χ3n) is 2.11. The molecule has 0 aliphatic heterocycles. The molecule has 0 aliphatic rings. The third kappa shape index (κ3) is 2.09. The van der Waals surface area contributed by atoms with Crippen LogP contribution < -0.4 is 0 Å². The van der Waals surface area contributed by atoms with E-state index in [2.05, 4.69) is 0 Å². The van der Waals surface area contributed by atoms with Crippen molar-refractivity contribution in [1.29, 1.82) is 0 Å². The normalized spacial score (nSPS) is 11.4. The van der Waals surface area contributed by atoms with E-state index in [-0.39, 0.29) is 5.69 Å². The summed E-state index contributed by atoms with van der Waals surface area (Å²) in [5, 5.41) is 20.3. The van der Waals surface area contributed by atoms with E-state index in [9.17, 15) is 15.2 Å². The van der Waals surface area contributed by atoms with E-state index in [1.165, 1.54) is 6.07 Å². The first kappa shape index (κ1) is 10.7. The molecule has 1 aromatic carbocycles. The monoisotopic (exact) mass is 195 g/mol. The maximum Gasteiger partial charge on any atom is 0.272 e. The van der Waals surface area contributed by atoms with E-state index in [0.29, 0.717) is 11.1 Å². The highest BCUT2D eigenvalue weighted by molar-refractivity contribution is 5.43. The van der Waals surface area contributed by atoms with Gasteiger partial charge in [0.05, 0.1) is 10.5 Å². The second-order valence-corrected chi connectivity index (χ2v) is 3.82. The lowest BCUT2D eigenvalue weighted by molar-refractivity contribution is -0.385. The Morgan fingerprint density at radius 3 is 2.43 bits per heavy atom. The number of rotatable bonds is 2. The second-order valence-electron chi connectivity index (χ2n) is 3.82. The fourth-order valence-corrected chi connectivity index (χ4v) is 1.19. The zero-order valence-electron chi connectivity index (χ0n) is 8.44. The summed E-state index contributed by atoms with van der Waals surface area (Å²) in [6.45, 7) is 4.87. The quantitative estimate of drug-likeness (QED) is 0.580. The van der Waals surface area contributed by atoms with E-state index in [1.54, 1.807) is 32.9 Å². The van der Waals surface area contributed by atoms with Gasteiger partial charge in [0.2, 0.25) is 0 Å². The summed E-state index contributed by atoms with van der Waals surface area (Å²) in [5.41, 5.74) is 0.153. The van der Waals surface area contributed by atoms with Crippen molar-refractivity contribution in [3.8, 4) is 0 Å². The average Bonchev–Trinajstić information content (AvgIpc) is 2.02. The van der Waals surface area contributed by atoms with Crippen LogP contribution in [0, 0.1) is 17.0 Å². The number of benzene rings is 1. The summed E-state index contributed by atoms with van der Waals surface area (Å²) in [6.07, 6.45) is 0. The highest BCUT2D eigenvalue weighted by Crippen LogP contribution is 2.26. The molecule has 0 bridgehead atoms. The van der Waals surface area contributed by atoms with Crippen LogP contribution in [-0.4, -0.2) is 10.0 Å². The van der Waals surface area contributed by atoms with Crippen LogP contribution in [0.15, 0.2) is 18.2 Å². The second kappa shape index (κ2) is 3.38. The molecule has 0 unspecified atom stereocenters. The van der Waals surface area contributed by atoms with Crippen molar-refractivity contribution >= 4 is 5.69 Å². The molecule has 1 rings (SSSR count). The van der Waals surface area contributed by atoms with Crippen LogP contribution in [-0.2, 0) is 5.60 Å². The van der Waals surface area contributed by atoms with Crippen molar-refractivity contribution < 1.29 is 10.0 Å². The first-order valence-electron chi connectivity index (χ1n) is 4.30.